The first-order chi connectivity index (χ1) is 10.1. The number of rotatable bonds is 4. The Labute approximate surface area is 123 Å². The van der Waals surface area contributed by atoms with Crippen LogP contribution in [0.1, 0.15) is 12.0 Å². The number of nitro benzene ring substituents is 1. The number of nitro groups is 1. The smallest absolute Gasteiger partial charge is 0.273 e. The monoisotopic (exact) mass is 293 g/mol. The highest BCUT2D eigenvalue weighted by Crippen LogP contribution is 2.24. The highest BCUT2D eigenvalue weighted by atomic mass is 16.6. The van der Waals surface area contributed by atoms with E-state index in [0.29, 0.717) is 18.8 Å². The van der Waals surface area contributed by atoms with Gasteiger partial charge in [-0.3, -0.25) is 14.9 Å². The van der Waals surface area contributed by atoms with Crippen molar-refractivity contribution in [1.29, 1.82) is 0 Å². The molecule has 1 saturated heterocycles. The molecule has 1 aliphatic heterocycles. The standard InChI is InChI=1S/C14H19N3O4/c1-11-3-4-12(17(19)20)9-13(11)21-10-14(18)16-7-2-5-15-6-8-16/h3-4,9,15H,2,5-8,10H2,1H3. The zero-order valence-electron chi connectivity index (χ0n) is 12.0. The Balaban J connectivity index is 1.97. The first-order valence-electron chi connectivity index (χ1n) is 6.94. The van der Waals surface area contributed by atoms with Crippen LogP contribution in [-0.4, -0.2) is 48.5 Å². The Bertz CT molecular complexity index is 525. The number of hydrogen-bond acceptors (Lipinski definition) is 5. The minimum absolute atomic E-state index is 0.0398. The zero-order chi connectivity index (χ0) is 15.2. The third-order valence-electron chi connectivity index (χ3n) is 3.43. The summed E-state index contributed by atoms with van der Waals surface area (Å²) in [6.45, 7) is 4.76. The van der Waals surface area contributed by atoms with Crippen LogP contribution in [-0.2, 0) is 4.79 Å². The van der Waals surface area contributed by atoms with Gasteiger partial charge in [-0.2, -0.15) is 0 Å². The molecule has 7 heteroatoms. The van der Waals surface area contributed by atoms with Gasteiger partial charge in [0, 0.05) is 25.7 Å². The summed E-state index contributed by atoms with van der Waals surface area (Å²) in [6.07, 6.45) is 0.918. The molecule has 1 heterocycles. The molecular weight excluding hydrogens is 274 g/mol. The SMILES string of the molecule is Cc1ccc([N+](=O)[O-])cc1OCC(=O)N1CCCNCC1. The molecule has 1 amide bonds. The lowest BCUT2D eigenvalue weighted by molar-refractivity contribution is -0.384. The molecule has 1 aliphatic rings. The predicted molar refractivity (Wildman–Crippen MR) is 77.4 cm³/mol. The summed E-state index contributed by atoms with van der Waals surface area (Å²) in [5, 5.41) is 14.0. The van der Waals surface area contributed by atoms with E-state index in [9.17, 15) is 14.9 Å². The van der Waals surface area contributed by atoms with Crippen molar-refractivity contribution in [3.05, 3.63) is 33.9 Å². The van der Waals surface area contributed by atoms with Gasteiger partial charge in [-0.1, -0.05) is 0 Å². The first kappa shape index (κ1) is 15.2. The van der Waals surface area contributed by atoms with Crippen molar-refractivity contribution in [3.8, 4) is 5.75 Å². The molecule has 7 nitrogen and oxygen atoms in total. The van der Waals surface area contributed by atoms with Gasteiger partial charge in [0.15, 0.2) is 6.61 Å². The van der Waals surface area contributed by atoms with Crippen molar-refractivity contribution in [3.63, 3.8) is 0 Å². The molecule has 0 spiro atoms. The van der Waals surface area contributed by atoms with Crippen molar-refractivity contribution in [1.82, 2.24) is 10.2 Å². The zero-order valence-corrected chi connectivity index (χ0v) is 12.0. The Hall–Kier alpha value is -2.15. The Morgan fingerprint density at radius 3 is 3.00 bits per heavy atom. The van der Waals surface area contributed by atoms with Crippen LogP contribution in [0.15, 0.2) is 18.2 Å². The average molecular weight is 293 g/mol. The molecule has 0 aromatic heterocycles. The van der Waals surface area contributed by atoms with E-state index in [1.54, 1.807) is 17.9 Å². The normalized spacial score (nSPS) is 15.4. The molecule has 114 valence electrons. The highest BCUT2D eigenvalue weighted by Gasteiger charge is 2.17. The van der Waals surface area contributed by atoms with Crippen LogP contribution in [0.3, 0.4) is 0 Å². The summed E-state index contributed by atoms with van der Waals surface area (Å²) in [5.41, 5.74) is 0.730. The number of benzene rings is 1. The Kier molecular flexibility index (Phi) is 5.10. The number of ether oxygens (including phenoxy) is 1. The number of amides is 1. The minimum Gasteiger partial charge on any atom is -0.483 e. The van der Waals surface area contributed by atoms with Gasteiger partial charge >= 0.3 is 0 Å². The lowest BCUT2D eigenvalue weighted by atomic mass is 10.2. The van der Waals surface area contributed by atoms with E-state index >= 15 is 0 Å². The molecule has 1 aromatic rings. The van der Waals surface area contributed by atoms with Crippen molar-refractivity contribution >= 4 is 11.6 Å². The highest BCUT2D eigenvalue weighted by molar-refractivity contribution is 5.77. The second-order valence-corrected chi connectivity index (χ2v) is 4.98. The number of nitrogens with zero attached hydrogens (tertiary/aromatic N) is 2. The number of aryl methyl sites for hydroxylation is 1. The van der Waals surface area contributed by atoms with E-state index in [-0.39, 0.29) is 18.2 Å². The second kappa shape index (κ2) is 7.03. The van der Waals surface area contributed by atoms with Crippen LogP contribution in [0.25, 0.3) is 0 Å². The van der Waals surface area contributed by atoms with Gasteiger partial charge in [-0.25, -0.2) is 0 Å². The van der Waals surface area contributed by atoms with Gasteiger partial charge in [0.2, 0.25) is 0 Å². The van der Waals surface area contributed by atoms with E-state index in [2.05, 4.69) is 5.32 Å². The van der Waals surface area contributed by atoms with E-state index in [1.807, 2.05) is 0 Å². The van der Waals surface area contributed by atoms with Gasteiger partial charge in [0.25, 0.3) is 11.6 Å². The van der Waals surface area contributed by atoms with Gasteiger partial charge in [-0.15, -0.1) is 0 Å². The Morgan fingerprint density at radius 1 is 1.43 bits per heavy atom. The molecule has 21 heavy (non-hydrogen) atoms. The average Bonchev–Trinajstić information content (AvgIpc) is 2.75. The van der Waals surface area contributed by atoms with E-state index in [0.717, 1.165) is 25.1 Å². The van der Waals surface area contributed by atoms with Crippen LogP contribution >= 0.6 is 0 Å². The Morgan fingerprint density at radius 2 is 2.24 bits per heavy atom. The molecule has 0 unspecified atom stereocenters. The summed E-state index contributed by atoms with van der Waals surface area (Å²) in [6, 6.07) is 4.39. The fraction of sp³-hybridized carbons (Fsp3) is 0.500. The fourth-order valence-electron chi connectivity index (χ4n) is 2.18. The van der Waals surface area contributed by atoms with E-state index in [1.165, 1.54) is 12.1 Å². The molecule has 2 rings (SSSR count). The molecule has 0 bridgehead atoms. The number of non-ortho nitro benzene ring substituents is 1. The van der Waals surface area contributed by atoms with Gasteiger partial charge in [-0.05, 0) is 31.5 Å². The molecular formula is C14H19N3O4. The first-order valence-corrected chi connectivity index (χ1v) is 6.94. The van der Waals surface area contributed by atoms with Crippen LogP contribution in [0.2, 0.25) is 0 Å². The number of hydrogen-bond donors (Lipinski definition) is 1. The van der Waals surface area contributed by atoms with Crippen molar-refractivity contribution in [2.45, 2.75) is 13.3 Å². The molecule has 1 N–H and O–H groups in total. The number of carbonyl (C=O) groups is 1. The summed E-state index contributed by atoms with van der Waals surface area (Å²) in [7, 11) is 0. The maximum absolute atomic E-state index is 12.1. The van der Waals surface area contributed by atoms with E-state index < -0.39 is 4.92 Å². The maximum atomic E-state index is 12.1. The molecule has 0 saturated carbocycles. The number of carbonyl (C=O) groups excluding carboxylic acids is 1. The third-order valence-corrected chi connectivity index (χ3v) is 3.43. The predicted octanol–water partition coefficient (Wildman–Crippen LogP) is 1.10. The lowest BCUT2D eigenvalue weighted by Crippen LogP contribution is -2.37. The molecule has 1 aromatic carbocycles. The van der Waals surface area contributed by atoms with Crippen LogP contribution in [0.4, 0.5) is 5.69 Å². The fourth-order valence-corrected chi connectivity index (χ4v) is 2.18. The van der Waals surface area contributed by atoms with E-state index in [4.69, 9.17) is 4.74 Å². The molecule has 0 atom stereocenters. The van der Waals surface area contributed by atoms with Gasteiger partial charge < -0.3 is 15.0 Å². The summed E-state index contributed by atoms with van der Waals surface area (Å²) in [4.78, 5) is 24.1. The maximum Gasteiger partial charge on any atom is 0.273 e. The molecule has 1 fully saturated rings. The summed E-state index contributed by atoms with van der Waals surface area (Å²) < 4.78 is 5.47. The lowest BCUT2D eigenvalue weighted by Gasteiger charge is -2.20. The van der Waals surface area contributed by atoms with Crippen LogP contribution in [0, 0.1) is 17.0 Å². The third kappa shape index (κ3) is 4.16. The van der Waals surface area contributed by atoms with Crippen molar-refractivity contribution in [2.24, 2.45) is 0 Å². The molecule has 0 radical (unpaired) electrons. The van der Waals surface area contributed by atoms with Crippen molar-refractivity contribution in [2.75, 3.05) is 32.8 Å². The van der Waals surface area contributed by atoms with Crippen molar-refractivity contribution < 1.29 is 14.5 Å². The number of nitrogens with one attached hydrogen (secondary N) is 1. The summed E-state index contributed by atoms with van der Waals surface area (Å²) >= 11 is 0. The van der Waals surface area contributed by atoms with Gasteiger partial charge in [0.1, 0.15) is 5.75 Å². The van der Waals surface area contributed by atoms with Gasteiger partial charge in [0.05, 0.1) is 11.0 Å². The van der Waals surface area contributed by atoms with Crippen LogP contribution in [0.5, 0.6) is 5.75 Å². The van der Waals surface area contributed by atoms with Crippen LogP contribution < -0.4 is 10.1 Å². The topological polar surface area (TPSA) is 84.7 Å². The second-order valence-electron chi connectivity index (χ2n) is 4.98. The largest absolute Gasteiger partial charge is 0.483 e. The molecule has 0 aliphatic carbocycles. The minimum atomic E-state index is -0.478. The summed E-state index contributed by atoms with van der Waals surface area (Å²) in [5.74, 6) is 0.287. The quantitative estimate of drug-likeness (QED) is 0.664.